The zero-order valence-electron chi connectivity index (χ0n) is 12.5. The van der Waals surface area contributed by atoms with Crippen LogP contribution in [0.1, 0.15) is 39.5 Å². The molecule has 4 heteroatoms. The van der Waals surface area contributed by atoms with Crippen molar-refractivity contribution < 1.29 is 4.79 Å². The van der Waals surface area contributed by atoms with Gasteiger partial charge in [0, 0.05) is 38.1 Å². The third kappa shape index (κ3) is 3.69. The minimum atomic E-state index is 0.243. The lowest BCUT2D eigenvalue weighted by Gasteiger charge is -2.39. The van der Waals surface area contributed by atoms with E-state index in [9.17, 15) is 4.79 Å². The van der Waals surface area contributed by atoms with Crippen LogP contribution in [0.15, 0.2) is 0 Å². The molecule has 1 aliphatic carbocycles. The minimum Gasteiger partial charge on any atom is -0.340 e. The Labute approximate surface area is 117 Å². The predicted octanol–water partition coefficient (Wildman–Crippen LogP) is 1.30. The van der Waals surface area contributed by atoms with Crippen molar-refractivity contribution in [3.05, 3.63) is 0 Å². The average molecular weight is 267 g/mol. The second-order valence-electron chi connectivity index (χ2n) is 6.42. The quantitative estimate of drug-likeness (QED) is 0.838. The van der Waals surface area contributed by atoms with Crippen molar-refractivity contribution in [2.45, 2.75) is 45.6 Å². The van der Waals surface area contributed by atoms with Gasteiger partial charge in [-0.05, 0) is 45.6 Å². The van der Waals surface area contributed by atoms with Crippen molar-refractivity contribution in [1.29, 1.82) is 0 Å². The van der Waals surface area contributed by atoms with Gasteiger partial charge in [0.1, 0.15) is 0 Å². The van der Waals surface area contributed by atoms with E-state index >= 15 is 0 Å². The van der Waals surface area contributed by atoms with Crippen molar-refractivity contribution in [3.8, 4) is 0 Å². The van der Waals surface area contributed by atoms with E-state index in [-0.39, 0.29) is 5.92 Å². The van der Waals surface area contributed by atoms with Crippen LogP contribution >= 0.6 is 0 Å². The molecule has 0 bridgehead atoms. The molecular formula is C15H29N3O. The second kappa shape index (κ2) is 6.71. The van der Waals surface area contributed by atoms with Crippen molar-refractivity contribution in [2.24, 2.45) is 17.6 Å². The Morgan fingerprint density at radius 3 is 2.47 bits per heavy atom. The number of carbonyl (C=O) groups is 1. The minimum absolute atomic E-state index is 0.243. The summed E-state index contributed by atoms with van der Waals surface area (Å²) in [6.45, 7) is 9.05. The number of hydrogen-bond donors (Lipinski definition) is 1. The molecule has 0 aromatic rings. The molecule has 0 radical (unpaired) electrons. The maximum absolute atomic E-state index is 12.6. The monoisotopic (exact) mass is 267 g/mol. The first kappa shape index (κ1) is 14.8. The van der Waals surface area contributed by atoms with Crippen LogP contribution in [0.4, 0.5) is 0 Å². The van der Waals surface area contributed by atoms with Crippen LogP contribution in [0.25, 0.3) is 0 Å². The molecule has 1 amide bonds. The first-order valence-corrected chi connectivity index (χ1v) is 7.84. The Balaban J connectivity index is 1.83. The molecule has 1 saturated heterocycles. The number of rotatable bonds is 3. The maximum Gasteiger partial charge on any atom is 0.225 e. The van der Waals surface area contributed by atoms with Crippen LogP contribution < -0.4 is 5.73 Å². The highest BCUT2D eigenvalue weighted by Gasteiger charge is 2.31. The van der Waals surface area contributed by atoms with Crippen molar-refractivity contribution >= 4 is 5.91 Å². The van der Waals surface area contributed by atoms with Crippen molar-refractivity contribution in [2.75, 3.05) is 32.7 Å². The van der Waals surface area contributed by atoms with E-state index < -0.39 is 0 Å². The van der Waals surface area contributed by atoms with Crippen LogP contribution in [-0.4, -0.2) is 54.5 Å². The first-order chi connectivity index (χ1) is 9.11. The Hall–Kier alpha value is -0.610. The number of hydrogen-bond acceptors (Lipinski definition) is 3. The van der Waals surface area contributed by atoms with Gasteiger partial charge in [0.2, 0.25) is 5.91 Å². The van der Waals surface area contributed by atoms with Gasteiger partial charge < -0.3 is 10.6 Å². The number of nitrogens with zero attached hydrogens (tertiary/aromatic N) is 2. The summed E-state index contributed by atoms with van der Waals surface area (Å²) in [7, 11) is 0. The van der Waals surface area contributed by atoms with Gasteiger partial charge >= 0.3 is 0 Å². The molecule has 19 heavy (non-hydrogen) atoms. The summed E-state index contributed by atoms with van der Waals surface area (Å²) in [6.07, 6.45) is 4.46. The number of piperazine rings is 1. The summed E-state index contributed by atoms with van der Waals surface area (Å²) in [4.78, 5) is 17.1. The molecule has 1 aliphatic heterocycles. The Morgan fingerprint density at radius 1 is 1.21 bits per heavy atom. The maximum atomic E-state index is 12.6. The lowest BCUT2D eigenvalue weighted by Crippen LogP contribution is -2.52. The normalized spacial score (nSPS) is 29.8. The topological polar surface area (TPSA) is 49.6 Å². The molecule has 2 atom stereocenters. The van der Waals surface area contributed by atoms with Crippen LogP contribution in [0.2, 0.25) is 0 Å². The number of nitrogens with two attached hydrogens (primary N) is 1. The molecule has 2 rings (SSSR count). The summed E-state index contributed by atoms with van der Waals surface area (Å²) in [5.74, 6) is 1.20. The highest BCUT2D eigenvalue weighted by atomic mass is 16.2. The van der Waals surface area contributed by atoms with Crippen LogP contribution in [0.5, 0.6) is 0 Å². The lowest BCUT2D eigenvalue weighted by atomic mass is 9.80. The van der Waals surface area contributed by atoms with Crippen LogP contribution in [0, 0.1) is 11.8 Å². The fourth-order valence-electron chi connectivity index (χ4n) is 3.45. The predicted molar refractivity (Wildman–Crippen MR) is 77.8 cm³/mol. The van der Waals surface area contributed by atoms with Crippen LogP contribution in [0.3, 0.4) is 0 Å². The van der Waals surface area contributed by atoms with Gasteiger partial charge in [-0.25, -0.2) is 0 Å². The molecule has 0 aromatic carbocycles. The largest absolute Gasteiger partial charge is 0.340 e. The molecule has 1 heterocycles. The first-order valence-electron chi connectivity index (χ1n) is 7.84. The number of carbonyl (C=O) groups excluding carboxylic acids is 1. The van der Waals surface area contributed by atoms with Gasteiger partial charge in [0.15, 0.2) is 0 Å². The molecule has 2 aliphatic rings. The second-order valence-corrected chi connectivity index (χ2v) is 6.42. The average Bonchev–Trinajstić information content (AvgIpc) is 2.46. The van der Waals surface area contributed by atoms with Crippen molar-refractivity contribution in [1.82, 2.24) is 9.80 Å². The van der Waals surface area contributed by atoms with Gasteiger partial charge in [-0.15, -0.1) is 0 Å². The Morgan fingerprint density at radius 2 is 1.89 bits per heavy atom. The molecule has 4 nitrogen and oxygen atoms in total. The smallest absolute Gasteiger partial charge is 0.225 e. The molecule has 0 aromatic heterocycles. The Kier molecular flexibility index (Phi) is 5.22. The molecule has 110 valence electrons. The van der Waals surface area contributed by atoms with E-state index in [1.165, 1.54) is 12.8 Å². The molecule has 2 N–H and O–H groups in total. The van der Waals surface area contributed by atoms with Crippen molar-refractivity contribution in [3.63, 3.8) is 0 Å². The highest BCUT2D eigenvalue weighted by Crippen LogP contribution is 2.30. The molecular weight excluding hydrogens is 238 g/mol. The fourth-order valence-corrected chi connectivity index (χ4v) is 3.45. The van der Waals surface area contributed by atoms with E-state index in [0.29, 0.717) is 17.9 Å². The van der Waals surface area contributed by atoms with E-state index in [2.05, 4.69) is 23.6 Å². The van der Waals surface area contributed by atoms with Gasteiger partial charge in [-0.3, -0.25) is 9.69 Å². The summed E-state index contributed by atoms with van der Waals surface area (Å²) in [5, 5.41) is 0. The zero-order chi connectivity index (χ0) is 13.8. The summed E-state index contributed by atoms with van der Waals surface area (Å²) in [5.41, 5.74) is 5.76. The van der Waals surface area contributed by atoms with Gasteiger partial charge in [0.25, 0.3) is 0 Å². The van der Waals surface area contributed by atoms with Crippen LogP contribution in [-0.2, 0) is 4.79 Å². The fraction of sp³-hybridized carbons (Fsp3) is 0.933. The summed E-state index contributed by atoms with van der Waals surface area (Å²) < 4.78 is 0. The number of amides is 1. The van der Waals surface area contributed by atoms with E-state index in [0.717, 1.165) is 45.6 Å². The molecule has 0 spiro atoms. The molecule has 2 unspecified atom stereocenters. The highest BCUT2D eigenvalue weighted by molar-refractivity contribution is 5.79. The SMILES string of the molecule is CC(C)N1CCN(C(=O)C2CCCC(CN)C2)CC1. The van der Waals surface area contributed by atoms with E-state index in [1.807, 2.05) is 0 Å². The van der Waals surface area contributed by atoms with Gasteiger partial charge in [0.05, 0.1) is 0 Å². The third-order valence-corrected chi connectivity index (χ3v) is 4.82. The van der Waals surface area contributed by atoms with Gasteiger partial charge in [-0.1, -0.05) is 6.42 Å². The summed E-state index contributed by atoms with van der Waals surface area (Å²) >= 11 is 0. The molecule has 1 saturated carbocycles. The third-order valence-electron chi connectivity index (χ3n) is 4.82. The van der Waals surface area contributed by atoms with E-state index in [4.69, 9.17) is 5.73 Å². The lowest BCUT2D eigenvalue weighted by molar-refractivity contribution is -0.139. The van der Waals surface area contributed by atoms with Gasteiger partial charge in [-0.2, -0.15) is 0 Å². The summed E-state index contributed by atoms with van der Waals surface area (Å²) in [6, 6.07) is 0.591. The Bertz CT molecular complexity index is 298. The molecule has 2 fully saturated rings. The van der Waals surface area contributed by atoms with E-state index in [1.54, 1.807) is 0 Å². The standard InChI is InChI=1S/C15H29N3O/c1-12(2)17-6-8-18(9-7-17)15(19)14-5-3-4-13(10-14)11-16/h12-14H,3-11,16H2,1-2H3. The zero-order valence-corrected chi connectivity index (χ0v) is 12.5.